The molecule has 0 spiro atoms. The van der Waals surface area contributed by atoms with Crippen LogP contribution >= 0.6 is 11.6 Å². The number of hydrogen-bond acceptors (Lipinski definition) is 2. The summed E-state index contributed by atoms with van der Waals surface area (Å²) in [5.74, 6) is 0. The van der Waals surface area contributed by atoms with Gasteiger partial charge >= 0.3 is 0 Å². The van der Waals surface area contributed by atoms with Crippen molar-refractivity contribution >= 4 is 11.6 Å². The zero-order valence-corrected chi connectivity index (χ0v) is 9.52. The second-order valence-electron chi connectivity index (χ2n) is 3.77. The van der Waals surface area contributed by atoms with Gasteiger partial charge in [0.25, 0.3) is 0 Å². The van der Waals surface area contributed by atoms with E-state index in [9.17, 15) is 0 Å². The maximum atomic E-state index is 6.23. The lowest BCUT2D eigenvalue weighted by atomic mass is 10.2. The zero-order chi connectivity index (χ0) is 10.0. The summed E-state index contributed by atoms with van der Waals surface area (Å²) in [4.78, 5) is 4.13. The molecule has 0 atom stereocenters. The molecule has 0 saturated heterocycles. The lowest BCUT2D eigenvalue weighted by Gasteiger charge is -2.13. The average Bonchev–Trinajstić information content (AvgIpc) is 2.32. The minimum atomic E-state index is 0.929. The Hall–Kier alpha value is -0.630. The second kappa shape index (κ2) is 4.05. The molecule has 1 rings (SSSR count). The fraction of sp³-hybridized carbons (Fsp3) is 0.600. The van der Waals surface area contributed by atoms with E-state index in [0.717, 1.165) is 17.9 Å². The summed E-state index contributed by atoms with van der Waals surface area (Å²) in [5.41, 5.74) is 2.49. The predicted octanol–water partition coefficient (Wildman–Crippen LogP) is 2.24. The van der Waals surface area contributed by atoms with Gasteiger partial charge in [-0.2, -0.15) is 0 Å². The molecule has 2 nitrogen and oxygen atoms in total. The van der Waals surface area contributed by atoms with E-state index < -0.39 is 0 Å². The molecule has 0 saturated carbocycles. The third kappa shape index (κ3) is 2.41. The molecule has 0 amide bonds. The first kappa shape index (κ1) is 10.5. The first-order valence-corrected chi connectivity index (χ1v) is 4.83. The highest BCUT2D eigenvalue weighted by molar-refractivity contribution is 6.32. The minimum Gasteiger partial charge on any atom is -0.383 e. The molecule has 0 aromatic rings. The van der Waals surface area contributed by atoms with Crippen molar-refractivity contribution in [1.82, 2.24) is 9.80 Å². The van der Waals surface area contributed by atoms with E-state index in [1.165, 1.54) is 11.3 Å². The van der Waals surface area contributed by atoms with Gasteiger partial charge in [-0.25, -0.2) is 0 Å². The van der Waals surface area contributed by atoms with Crippen LogP contribution in [0.1, 0.15) is 12.8 Å². The van der Waals surface area contributed by atoms with Crippen LogP contribution in [0.5, 0.6) is 0 Å². The van der Waals surface area contributed by atoms with Crippen molar-refractivity contribution in [2.24, 2.45) is 0 Å². The van der Waals surface area contributed by atoms with Crippen LogP contribution in [0.3, 0.4) is 0 Å². The van der Waals surface area contributed by atoms with Gasteiger partial charge < -0.3 is 9.80 Å². The van der Waals surface area contributed by atoms with Crippen LogP contribution in [0.25, 0.3) is 0 Å². The number of halogens is 1. The van der Waals surface area contributed by atoms with Crippen LogP contribution in [0, 0.1) is 0 Å². The lowest BCUT2D eigenvalue weighted by molar-refractivity contribution is 0.495. The molecule has 0 aromatic heterocycles. The van der Waals surface area contributed by atoms with Gasteiger partial charge in [-0.3, -0.25) is 0 Å². The van der Waals surface area contributed by atoms with Gasteiger partial charge in [0.15, 0.2) is 0 Å². The van der Waals surface area contributed by atoms with E-state index in [1.807, 2.05) is 33.1 Å². The van der Waals surface area contributed by atoms with Gasteiger partial charge in [0.2, 0.25) is 0 Å². The lowest BCUT2D eigenvalue weighted by Crippen LogP contribution is -2.09. The highest BCUT2D eigenvalue weighted by Gasteiger charge is 2.19. The van der Waals surface area contributed by atoms with Crippen LogP contribution in [0.15, 0.2) is 22.5 Å². The molecule has 0 aromatic carbocycles. The van der Waals surface area contributed by atoms with Crippen molar-refractivity contribution in [3.05, 3.63) is 22.5 Å². The Labute approximate surface area is 85.5 Å². The maximum Gasteiger partial charge on any atom is 0.0643 e. The average molecular weight is 201 g/mol. The highest BCUT2D eigenvalue weighted by atomic mass is 35.5. The van der Waals surface area contributed by atoms with Crippen molar-refractivity contribution in [3.8, 4) is 0 Å². The summed E-state index contributed by atoms with van der Waals surface area (Å²) in [5, 5.41) is 0.929. The Morgan fingerprint density at radius 1 is 1.15 bits per heavy atom. The number of hydrogen-bond donors (Lipinski definition) is 0. The van der Waals surface area contributed by atoms with E-state index in [0.29, 0.717) is 0 Å². The topological polar surface area (TPSA) is 6.48 Å². The number of allylic oxidation sites excluding steroid dienone is 3. The number of rotatable bonds is 2. The van der Waals surface area contributed by atoms with E-state index >= 15 is 0 Å². The quantitative estimate of drug-likeness (QED) is 0.675. The smallest absolute Gasteiger partial charge is 0.0643 e. The van der Waals surface area contributed by atoms with Gasteiger partial charge in [-0.15, -0.1) is 0 Å². The molecule has 0 fully saturated rings. The normalized spacial score (nSPS) is 19.9. The van der Waals surface area contributed by atoms with Crippen molar-refractivity contribution in [2.75, 3.05) is 28.2 Å². The minimum absolute atomic E-state index is 0.929. The summed E-state index contributed by atoms with van der Waals surface area (Å²) < 4.78 is 0. The fourth-order valence-electron chi connectivity index (χ4n) is 1.51. The Bertz CT molecular complexity index is 252. The third-order valence-corrected chi connectivity index (χ3v) is 2.58. The van der Waals surface area contributed by atoms with Crippen molar-refractivity contribution in [2.45, 2.75) is 12.8 Å². The zero-order valence-electron chi connectivity index (χ0n) is 8.76. The molecule has 1 aliphatic carbocycles. The molecule has 13 heavy (non-hydrogen) atoms. The van der Waals surface area contributed by atoms with Gasteiger partial charge in [-0.1, -0.05) is 11.6 Å². The molecule has 74 valence electrons. The van der Waals surface area contributed by atoms with Gasteiger partial charge in [-0.05, 0) is 18.4 Å². The van der Waals surface area contributed by atoms with Gasteiger partial charge in [0.05, 0.1) is 5.03 Å². The largest absolute Gasteiger partial charge is 0.383 e. The van der Waals surface area contributed by atoms with E-state index in [2.05, 4.69) is 11.1 Å². The van der Waals surface area contributed by atoms with Crippen molar-refractivity contribution < 1.29 is 0 Å². The molecular formula is C10H17ClN2. The summed E-state index contributed by atoms with van der Waals surface area (Å²) in [6.07, 6.45) is 4.22. The second-order valence-corrected chi connectivity index (χ2v) is 4.15. The SMILES string of the molecule is CN(C)/C=C1\CCC(N(C)C)=C1Cl. The van der Waals surface area contributed by atoms with Crippen molar-refractivity contribution in [3.63, 3.8) is 0 Å². The number of nitrogens with zero attached hydrogens (tertiary/aromatic N) is 2. The first-order chi connectivity index (χ1) is 6.02. The summed E-state index contributed by atoms with van der Waals surface area (Å²) >= 11 is 6.23. The molecule has 0 bridgehead atoms. The molecule has 0 radical (unpaired) electrons. The Kier molecular flexibility index (Phi) is 3.26. The van der Waals surface area contributed by atoms with Crippen molar-refractivity contribution in [1.29, 1.82) is 0 Å². The molecule has 3 heteroatoms. The molecular weight excluding hydrogens is 184 g/mol. The van der Waals surface area contributed by atoms with Crippen LogP contribution in [0.2, 0.25) is 0 Å². The molecule has 0 N–H and O–H groups in total. The fourth-order valence-corrected chi connectivity index (χ4v) is 1.92. The van der Waals surface area contributed by atoms with E-state index in [1.54, 1.807) is 0 Å². The standard InChI is InChI=1S/C10H17ClN2/c1-12(2)7-8-5-6-9(10(8)11)13(3)4/h7H,5-6H2,1-4H3/b8-7+. The third-order valence-electron chi connectivity index (χ3n) is 2.12. The van der Waals surface area contributed by atoms with Gasteiger partial charge in [0, 0.05) is 40.1 Å². The maximum absolute atomic E-state index is 6.23. The Morgan fingerprint density at radius 2 is 1.77 bits per heavy atom. The molecule has 0 unspecified atom stereocenters. The van der Waals surface area contributed by atoms with Gasteiger partial charge in [0.1, 0.15) is 0 Å². The summed E-state index contributed by atoms with van der Waals surface area (Å²) in [6.45, 7) is 0. The highest BCUT2D eigenvalue weighted by Crippen LogP contribution is 2.34. The van der Waals surface area contributed by atoms with Crippen LogP contribution in [-0.2, 0) is 0 Å². The summed E-state index contributed by atoms with van der Waals surface area (Å²) in [6, 6.07) is 0. The first-order valence-electron chi connectivity index (χ1n) is 4.46. The Morgan fingerprint density at radius 3 is 2.15 bits per heavy atom. The van der Waals surface area contributed by atoms with E-state index in [-0.39, 0.29) is 0 Å². The van der Waals surface area contributed by atoms with Crippen LogP contribution < -0.4 is 0 Å². The van der Waals surface area contributed by atoms with Crippen LogP contribution in [0.4, 0.5) is 0 Å². The molecule has 0 heterocycles. The summed E-state index contributed by atoms with van der Waals surface area (Å²) in [7, 11) is 8.11. The molecule has 1 aliphatic rings. The molecule has 0 aliphatic heterocycles. The monoisotopic (exact) mass is 200 g/mol. The van der Waals surface area contributed by atoms with Crippen LogP contribution in [-0.4, -0.2) is 38.0 Å². The van der Waals surface area contributed by atoms with E-state index in [4.69, 9.17) is 11.6 Å². The Balaban J connectivity index is 2.86. The predicted molar refractivity (Wildman–Crippen MR) is 57.6 cm³/mol.